The molecule has 5 heteroatoms. The van der Waals surface area contributed by atoms with Gasteiger partial charge in [-0.1, -0.05) is 6.07 Å². The molecule has 1 aromatic carbocycles. The van der Waals surface area contributed by atoms with Gasteiger partial charge in [-0.2, -0.15) is 0 Å². The van der Waals surface area contributed by atoms with Gasteiger partial charge in [-0.3, -0.25) is 0 Å². The Labute approximate surface area is 120 Å². The lowest BCUT2D eigenvalue weighted by Gasteiger charge is -1.98. The second-order valence-corrected chi connectivity index (χ2v) is 5.00. The Kier molecular flexibility index (Phi) is 3.60. The van der Waals surface area contributed by atoms with Gasteiger partial charge in [0.2, 0.25) is 11.8 Å². The van der Waals surface area contributed by atoms with Gasteiger partial charge in [0.1, 0.15) is 5.75 Å². The predicted molar refractivity (Wildman–Crippen MR) is 79.5 cm³/mol. The number of benzene rings is 1. The highest BCUT2D eigenvalue weighted by molar-refractivity contribution is 7.10. The van der Waals surface area contributed by atoms with E-state index in [9.17, 15) is 0 Å². The summed E-state index contributed by atoms with van der Waals surface area (Å²) in [6.07, 6.45) is 3.77. The van der Waals surface area contributed by atoms with Gasteiger partial charge in [-0.25, -0.2) is 0 Å². The van der Waals surface area contributed by atoms with Crippen molar-refractivity contribution in [1.82, 2.24) is 10.2 Å². The van der Waals surface area contributed by atoms with Gasteiger partial charge < -0.3 is 9.15 Å². The maximum absolute atomic E-state index is 5.60. The molecular weight excluding hydrogens is 272 g/mol. The van der Waals surface area contributed by atoms with Crippen molar-refractivity contribution in [3.63, 3.8) is 0 Å². The molecule has 0 unspecified atom stereocenters. The zero-order chi connectivity index (χ0) is 13.8. The molecule has 0 saturated carbocycles. The molecule has 3 aromatic rings. The zero-order valence-electron chi connectivity index (χ0n) is 10.8. The van der Waals surface area contributed by atoms with Crippen molar-refractivity contribution in [3.8, 4) is 17.2 Å². The maximum atomic E-state index is 5.60. The van der Waals surface area contributed by atoms with Crippen molar-refractivity contribution in [2.45, 2.75) is 0 Å². The number of rotatable bonds is 4. The fourth-order valence-electron chi connectivity index (χ4n) is 1.69. The van der Waals surface area contributed by atoms with E-state index < -0.39 is 0 Å². The quantitative estimate of drug-likeness (QED) is 0.727. The van der Waals surface area contributed by atoms with Crippen LogP contribution in [0.3, 0.4) is 0 Å². The van der Waals surface area contributed by atoms with Gasteiger partial charge in [-0.15, -0.1) is 21.5 Å². The first-order valence-electron chi connectivity index (χ1n) is 6.05. The van der Waals surface area contributed by atoms with Crippen LogP contribution in [0.4, 0.5) is 0 Å². The molecular formula is C15H12N2O2S. The highest BCUT2D eigenvalue weighted by Gasteiger charge is 2.06. The monoisotopic (exact) mass is 284 g/mol. The van der Waals surface area contributed by atoms with Crippen LogP contribution in [0.15, 0.2) is 46.2 Å². The molecule has 0 atom stereocenters. The van der Waals surface area contributed by atoms with E-state index in [-0.39, 0.29) is 0 Å². The third-order valence-electron chi connectivity index (χ3n) is 2.71. The molecule has 0 aliphatic heterocycles. The molecule has 0 N–H and O–H groups in total. The Bertz CT molecular complexity index is 700. The van der Waals surface area contributed by atoms with Crippen LogP contribution < -0.4 is 4.74 Å². The molecule has 2 aromatic heterocycles. The van der Waals surface area contributed by atoms with Crippen molar-refractivity contribution < 1.29 is 9.15 Å². The first kappa shape index (κ1) is 12.6. The normalized spacial score (nSPS) is 11.1. The first-order valence-corrected chi connectivity index (χ1v) is 6.92. The van der Waals surface area contributed by atoms with Crippen LogP contribution in [0.2, 0.25) is 0 Å². The van der Waals surface area contributed by atoms with E-state index >= 15 is 0 Å². The van der Waals surface area contributed by atoms with E-state index in [1.165, 1.54) is 0 Å². The number of ether oxygens (including phenoxy) is 1. The van der Waals surface area contributed by atoms with E-state index in [0.29, 0.717) is 11.8 Å². The molecule has 0 saturated heterocycles. The first-order chi connectivity index (χ1) is 9.85. The summed E-state index contributed by atoms with van der Waals surface area (Å²) in [5.41, 5.74) is 0.870. The van der Waals surface area contributed by atoms with Crippen LogP contribution in [0.25, 0.3) is 23.6 Å². The third kappa shape index (κ3) is 2.78. The summed E-state index contributed by atoms with van der Waals surface area (Å²) in [4.78, 5) is 1.15. The number of nitrogens with zero attached hydrogens (tertiary/aromatic N) is 2. The Morgan fingerprint density at radius 3 is 2.65 bits per heavy atom. The summed E-state index contributed by atoms with van der Waals surface area (Å²) in [5.74, 6) is 1.79. The summed E-state index contributed by atoms with van der Waals surface area (Å²) >= 11 is 1.66. The summed E-state index contributed by atoms with van der Waals surface area (Å²) in [5, 5.41) is 10.1. The minimum Gasteiger partial charge on any atom is -0.497 e. The second kappa shape index (κ2) is 5.71. The van der Waals surface area contributed by atoms with Crippen LogP contribution in [-0.4, -0.2) is 17.3 Å². The highest BCUT2D eigenvalue weighted by atomic mass is 32.1. The van der Waals surface area contributed by atoms with Crippen LogP contribution >= 0.6 is 11.3 Å². The lowest BCUT2D eigenvalue weighted by atomic mass is 10.2. The molecule has 0 spiro atoms. The molecule has 0 fully saturated rings. The Morgan fingerprint density at radius 2 is 1.95 bits per heavy atom. The number of thiophene rings is 1. The minimum absolute atomic E-state index is 0.490. The van der Waals surface area contributed by atoms with Crippen LogP contribution in [0, 0.1) is 0 Å². The molecule has 4 nitrogen and oxygen atoms in total. The second-order valence-electron chi connectivity index (χ2n) is 4.02. The lowest BCUT2D eigenvalue weighted by molar-refractivity contribution is 0.415. The SMILES string of the molecule is COc1ccc(-c2nnc(/C=C/c3cccs3)o2)cc1. The van der Waals surface area contributed by atoms with E-state index in [1.807, 2.05) is 53.9 Å². The predicted octanol–water partition coefficient (Wildman–Crippen LogP) is 3.98. The molecule has 2 heterocycles. The molecule has 20 heavy (non-hydrogen) atoms. The summed E-state index contributed by atoms with van der Waals surface area (Å²) < 4.78 is 10.7. The van der Waals surface area contributed by atoms with E-state index in [0.717, 1.165) is 16.2 Å². The average molecular weight is 284 g/mol. The van der Waals surface area contributed by atoms with E-state index in [2.05, 4.69) is 10.2 Å². The Hall–Kier alpha value is -2.40. The molecule has 0 amide bonds. The van der Waals surface area contributed by atoms with Crippen molar-refractivity contribution in [2.24, 2.45) is 0 Å². The van der Waals surface area contributed by atoms with Gasteiger partial charge in [-0.05, 0) is 41.8 Å². The molecule has 0 radical (unpaired) electrons. The van der Waals surface area contributed by atoms with E-state index in [4.69, 9.17) is 9.15 Å². The Morgan fingerprint density at radius 1 is 1.10 bits per heavy atom. The fraction of sp³-hybridized carbons (Fsp3) is 0.0667. The molecule has 0 aliphatic rings. The minimum atomic E-state index is 0.490. The molecule has 100 valence electrons. The highest BCUT2D eigenvalue weighted by Crippen LogP contribution is 2.22. The van der Waals surface area contributed by atoms with Gasteiger partial charge in [0.15, 0.2) is 0 Å². The molecule has 0 aliphatic carbocycles. The average Bonchev–Trinajstić information content (AvgIpc) is 3.17. The maximum Gasteiger partial charge on any atom is 0.248 e. The summed E-state index contributed by atoms with van der Waals surface area (Å²) in [6.45, 7) is 0. The van der Waals surface area contributed by atoms with Crippen molar-refractivity contribution in [3.05, 3.63) is 52.5 Å². The van der Waals surface area contributed by atoms with Crippen molar-refractivity contribution in [2.75, 3.05) is 7.11 Å². The van der Waals surface area contributed by atoms with Gasteiger partial charge in [0, 0.05) is 16.5 Å². The van der Waals surface area contributed by atoms with Crippen LogP contribution in [0.5, 0.6) is 5.75 Å². The zero-order valence-corrected chi connectivity index (χ0v) is 11.6. The number of hydrogen-bond donors (Lipinski definition) is 0. The Balaban J connectivity index is 1.79. The standard InChI is InChI=1S/C15H12N2O2S/c1-18-12-6-4-11(5-7-12)15-17-16-14(19-15)9-8-13-3-2-10-20-13/h2-10H,1H3/b9-8+. The summed E-state index contributed by atoms with van der Waals surface area (Å²) in [6, 6.07) is 11.5. The number of aromatic nitrogens is 2. The smallest absolute Gasteiger partial charge is 0.248 e. The topological polar surface area (TPSA) is 48.2 Å². The van der Waals surface area contributed by atoms with Crippen LogP contribution in [0.1, 0.15) is 10.8 Å². The van der Waals surface area contributed by atoms with Gasteiger partial charge in [0.05, 0.1) is 7.11 Å². The van der Waals surface area contributed by atoms with E-state index in [1.54, 1.807) is 18.4 Å². The summed E-state index contributed by atoms with van der Waals surface area (Å²) in [7, 11) is 1.63. The molecule has 0 bridgehead atoms. The third-order valence-corrected chi connectivity index (χ3v) is 3.55. The van der Waals surface area contributed by atoms with Crippen molar-refractivity contribution in [1.29, 1.82) is 0 Å². The fourth-order valence-corrected chi connectivity index (χ4v) is 2.31. The van der Waals surface area contributed by atoms with Gasteiger partial charge >= 0.3 is 0 Å². The number of methoxy groups -OCH3 is 1. The largest absolute Gasteiger partial charge is 0.497 e. The molecule has 3 rings (SSSR count). The van der Waals surface area contributed by atoms with Crippen molar-refractivity contribution >= 4 is 23.5 Å². The lowest BCUT2D eigenvalue weighted by Crippen LogP contribution is -1.82. The number of hydrogen-bond acceptors (Lipinski definition) is 5. The van der Waals surface area contributed by atoms with Crippen LogP contribution in [-0.2, 0) is 0 Å². The van der Waals surface area contributed by atoms with Gasteiger partial charge in [0.25, 0.3) is 0 Å².